The van der Waals surface area contributed by atoms with E-state index < -0.39 is 12.0 Å². The van der Waals surface area contributed by atoms with Crippen molar-refractivity contribution in [1.29, 1.82) is 0 Å². The summed E-state index contributed by atoms with van der Waals surface area (Å²) in [6, 6.07) is 4.81. The van der Waals surface area contributed by atoms with Gasteiger partial charge in [0.2, 0.25) is 5.91 Å². The molecule has 1 unspecified atom stereocenters. The molecule has 1 aromatic heterocycles. The number of amides is 1. The molecule has 138 valence electrons. The van der Waals surface area contributed by atoms with Crippen molar-refractivity contribution < 1.29 is 24.2 Å². The maximum atomic E-state index is 12.4. The summed E-state index contributed by atoms with van der Waals surface area (Å²) in [6.07, 6.45) is 1.33. The van der Waals surface area contributed by atoms with E-state index in [1.165, 1.54) is 16.2 Å². The van der Waals surface area contributed by atoms with Crippen LogP contribution in [0.1, 0.15) is 18.5 Å². The zero-order chi connectivity index (χ0) is 18.7. The number of aliphatic carboxylic acids is 1. The molecule has 0 saturated carbocycles. The number of carbonyl (C=O) groups is 2. The first kappa shape index (κ1) is 18.2. The van der Waals surface area contributed by atoms with E-state index in [0.29, 0.717) is 30.2 Å². The molecule has 1 atom stereocenters. The minimum Gasteiger partial charge on any atom is -0.493 e. The van der Waals surface area contributed by atoms with Crippen LogP contribution in [0.4, 0.5) is 0 Å². The number of carboxylic acid groups (broad SMARTS) is 1. The van der Waals surface area contributed by atoms with Gasteiger partial charge >= 0.3 is 5.97 Å². The molecule has 1 fully saturated rings. The number of hydrogen-bond acceptors (Lipinski definition) is 6. The molecule has 26 heavy (non-hydrogen) atoms. The van der Waals surface area contributed by atoms with Crippen molar-refractivity contribution in [3.05, 3.63) is 29.3 Å². The normalized spacial score (nSPS) is 16.5. The van der Waals surface area contributed by atoms with Gasteiger partial charge in [-0.1, -0.05) is 0 Å². The van der Waals surface area contributed by atoms with Crippen LogP contribution in [0.25, 0.3) is 10.6 Å². The van der Waals surface area contributed by atoms with Crippen LogP contribution in [0.2, 0.25) is 0 Å². The van der Waals surface area contributed by atoms with E-state index in [9.17, 15) is 14.7 Å². The van der Waals surface area contributed by atoms with E-state index in [1.54, 1.807) is 14.2 Å². The highest BCUT2D eigenvalue weighted by Gasteiger charge is 2.33. The number of benzene rings is 1. The van der Waals surface area contributed by atoms with Gasteiger partial charge in [-0.2, -0.15) is 0 Å². The molecule has 3 rings (SSSR count). The number of methoxy groups -OCH3 is 2. The Bertz CT molecular complexity index is 820. The van der Waals surface area contributed by atoms with Crippen LogP contribution in [0.15, 0.2) is 23.6 Å². The molecule has 1 aliphatic heterocycles. The van der Waals surface area contributed by atoms with E-state index in [2.05, 4.69) is 4.98 Å². The Hall–Kier alpha value is -2.61. The first-order valence-electron chi connectivity index (χ1n) is 8.22. The smallest absolute Gasteiger partial charge is 0.326 e. The summed E-state index contributed by atoms with van der Waals surface area (Å²) < 4.78 is 10.5. The third kappa shape index (κ3) is 3.65. The fourth-order valence-electron chi connectivity index (χ4n) is 3.07. The summed E-state index contributed by atoms with van der Waals surface area (Å²) in [5.74, 6) is 0.107. The summed E-state index contributed by atoms with van der Waals surface area (Å²) in [7, 11) is 3.15. The van der Waals surface area contributed by atoms with E-state index in [0.717, 1.165) is 17.0 Å². The first-order chi connectivity index (χ1) is 12.5. The predicted octanol–water partition coefficient (Wildman–Crippen LogP) is 2.45. The summed E-state index contributed by atoms with van der Waals surface area (Å²) in [6.45, 7) is 0.489. The first-order valence-corrected chi connectivity index (χ1v) is 9.10. The Kier molecular flexibility index (Phi) is 5.41. The molecule has 8 heteroatoms. The molecular formula is C18H20N2O5S. The second-order valence-corrected chi connectivity index (χ2v) is 6.83. The minimum atomic E-state index is -0.944. The van der Waals surface area contributed by atoms with E-state index >= 15 is 0 Å². The summed E-state index contributed by atoms with van der Waals surface area (Å²) >= 11 is 1.43. The Morgan fingerprint density at radius 1 is 1.31 bits per heavy atom. The fourth-order valence-corrected chi connectivity index (χ4v) is 3.89. The molecule has 0 radical (unpaired) electrons. The molecule has 2 aromatic rings. The van der Waals surface area contributed by atoms with Gasteiger partial charge in [-0.25, -0.2) is 9.78 Å². The number of rotatable bonds is 6. The van der Waals surface area contributed by atoms with Gasteiger partial charge in [-0.3, -0.25) is 4.79 Å². The second-order valence-electron chi connectivity index (χ2n) is 5.97. The molecule has 1 aliphatic rings. The van der Waals surface area contributed by atoms with Crippen LogP contribution in [0, 0.1) is 0 Å². The van der Waals surface area contributed by atoms with Crippen LogP contribution in [0.3, 0.4) is 0 Å². The summed E-state index contributed by atoms with van der Waals surface area (Å²) in [5.41, 5.74) is 1.51. The quantitative estimate of drug-likeness (QED) is 0.833. The van der Waals surface area contributed by atoms with Crippen molar-refractivity contribution >= 4 is 23.2 Å². The molecular weight excluding hydrogens is 356 g/mol. The van der Waals surface area contributed by atoms with Crippen molar-refractivity contribution in [2.24, 2.45) is 0 Å². The highest BCUT2D eigenvalue weighted by molar-refractivity contribution is 7.13. The van der Waals surface area contributed by atoms with Gasteiger partial charge in [-0.15, -0.1) is 11.3 Å². The van der Waals surface area contributed by atoms with Gasteiger partial charge in [-0.05, 0) is 31.0 Å². The number of hydrogen-bond donors (Lipinski definition) is 1. The Balaban J connectivity index is 1.74. The lowest BCUT2D eigenvalue weighted by Crippen LogP contribution is -2.41. The number of aromatic nitrogens is 1. The highest BCUT2D eigenvalue weighted by atomic mass is 32.1. The summed E-state index contributed by atoms with van der Waals surface area (Å²) in [4.78, 5) is 29.7. The minimum absolute atomic E-state index is 0.105. The topological polar surface area (TPSA) is 89.0 Å². The maximum Gasteiger partial charge on any atom is 0.326 e. The van der Waals surface area contributed by atoms with Crippen molar-refractivity contribution in [3.63, 3.8) is 0 Å². The number of likely N-dealkylation sites (tertiary alicyclic amines) is 1. The van der Waals surface area contributed by atoms with Crippen LogP contribution in [-0.4, -0.2) is 53.7 Å². The maximum absolute atomic E-state index is 12.4. The molecule has 1 N–H and O–H groups in total. The largest absolute Gasteiger partial charge is 0.493 e. The molecule has 7 nitrogen and oxygen atoms in total. The SMILES string of the molecule is COc1ccc(-c2nc(CC(=O)N3CCCC3C(=O)O)cs2)cc1OC. The van der Waals surface area contributed by atoms with Gasteiger partial charge in [0.15, 0.2) is 11.5 Å². The number of ether oxygens (including phenoxy) is 2. The van der Waals surface area contributed by atoms with Gasteiger partial charge in [0.1, 0.15) is 11.0 Å². The molecule has 1 aromatic carbocycles. The lowest BCUT2D eigenvalue weighted by molar-refractivity contribution is -0.148. The monoisotopic (exact) mass is 376 g/mol. The molecule has 1 amide bonds. The lowest BCUT2D eigenvalue weighted by atomic mass is 10.2. The molecule has 2 heterocycles. The highest BCUT2D eigenvalue weighted by Crippen LogP contribution is 2.33. The van der Waals surface area contributed by atoms with E-state index in [4.69, 9.17) is 9.47 Å². The summed E-state index contributed by atoms with van der Waals surface area (Å²) in [5, 5.41) is 11.8. The van der Waals surface area contributed by atoms with Crippen molar-refractivity contribution in [2.45, 2.75) is 25.3 Å². The molecule has 1 saturated heterocycles. The van der Waals surface area contributed by atoms with Crippen molar-refractivity contribution in [1.82, 2.24) is 9.88 Å². The second kappa shape index (κ2) is 7.74. The molecule has 0 aliphatic carbocycles. The third-order valence-electron chi connectivity index (χ3n) is 4.37. The van der Waals surface area contributed by atoms with E-state index in [1.807, 2.05) is 23.6 Å². The van der Waals surface area contributed by atoms with Gasteiger partial charge in [0.25, 0.3) is 0 Å². The molecule has 0 bridgehead atoms. The van der Waals surface area contributed by atoms with Gasteiger partial charge < -0.3 is 19.5 Å². The van der Waals surface area contributed by atoms with Crippen LogP contribution >= 0.6 is 11.3 Å². The molecule has 0 spiro atoms. The predicted molar refractivity (Wildman–Crippen MR) is 96.7 cm³/mol. The van der Waals surface area contributed by atoms with Crippen LogP contribution in [-0.2, 0) is 16.0 Å². The number of thiazole rings is 1. The number of nitrogens with zero attached hydrogens (tertiary/aromatic N) is 2. The Morgan fingerprint density at radius 3 is 2.77 bits per heavy atom. The van der Waals surface area contributed by atoms with Gasteiger partial charge in [0.05, 0.1) is 26.3 Å². The fraction of sp³-hybridized carbons (Fsp3) is 0.389. The van der Waals surface area contributed by atoms with Gasteiger partial charge in [0, 0.05) is 17.5 Å². The number of carbonyl (C=O) groups excluding carboxylic acids is 1. The number of carboxylic acids is 1. The average molecular weight is 376 g/mol. The third-order valence-corrected chi connectivity index (χ3v) is 5.31. The zero-order valence-electron chi connectivity index (χ0n) is 14.6. The van der Waals surface area contributed by atoms with Crippen LogP contribution < -0.4 is 9.47 Å². The Morgan fingerprint density at radius 2 is 2.08 bits per heavy atom. The average Bonchev–Trinajstić information content (AvgIpc) is 3.30. The lowest BCUT2D eigenvalue weighted by Gasteiger charge is -2.20. The Labute approximate surface area is 155 Å². The zero-order valence-corrected chi connectivity index (χ0v) is 15.4. The van der Waals surface area contributed by atoms with Crippen molar-refractivity contribution in [2.75, 3.05) is 20.8 Å². The van der Waals surface area contributed by atoms with E-state index in [-0.39, 0.29) is 12.3 Å². The van der Waals surface area contributed by atoms with Crippen molar-refractivity contribution in [3.8, 4) is 22.1 Å². The van der Waals surface area contributed by atoms with Crippen LogP contribution in [0.5, 0.6) is 11.5 Å². The standard InChI is InChI=1S/C18H20N2O5S/c1-24-14-6-5-11(8-15(14)25-2)17-19-12(10-26-17)9-16(21)20-7-3-4-13(20)18(22)23/h5-6,8,10,13H,3-4,7,9H2,1-2H3,(H,22,23).